The van der Waals surface area contributed by atoms with Crippen LogP contribution >= 0.6 is 11.3 Å². The number of nitrogens with one attached hydrogen (secondary N) is 1. The Morgan fingerprint density at radius 3 is 2.80 bits per heavy atom. The van der Waals surface area contributed by atoms with E-state index in [9.17, 15) is 0 Å². The number of rotatable bonds is 6. The molecule has 0 unspecified atom stereocenters. The van der Waals surface area contributed by atoms with Crippen molar-refractivity contribution in [2.75, 3.05) is 13.7 Å². The van der Waals surface area contributed by atoms with Gasteiger partial charge >= 0.3 is 0 Å². The van der Waals surface area contributed by atoms with Gasteiger partial charge in [0.1, 0.15) is 5.75 Å². The number of nitrogens with zero attached hydrogens (tertiary/aromatic N) is 1. The summed E-state index contributed by atoms with van der Waals surface area (Å²) in [5.74, 6) is 0.995. The lowest BCUT2D eigenvalue weighted by molar-refractivity contribution is 0.319. The first-order valence-electron chi connectivity index (χ1n) is 6.88. The van der Waals surface area contributed by atoms with E-state index in [0.29, 0.717) is 6.61 Å². The summed E-state index contributed by atoms with van der Waals surface area (Å²) in [4.78, 5) is 4.56. The molecule has 0 aliphatic rings. The van der Waals surface area contributed by atoms with Crippen molar-refractivity contribution in [1.82, 2.24) is 10.3 Å². The Kier molecular flexibility index (Phi) is 5.15. The van der Waals surface area contributed by atoms with Gasteiger partial charge in [-0.15, -0.1) is 11.3 Å². The molecule has 1 heterocycles. The van der Waals surface area contributed by atoms with Gasteiger partial charge in [0.15, 0.2) is 0 Å². The summed E-state index contributed by atoms with van der Waals surface area (Å²) in [5.41, 5.74) is 4.86. The van der Waals surface area contributed by atoms with Crippen LogP contribution in [0.25, 0.3) is 0 Å². The Bertz CT molecular complexity index is 578. The molecule has 0 bridgehead atoms. The van der Waals surface area contributed by atoms with Crippen LogP contribution < -0.4 is 10.1 Å². The number of aryl methyl sites for hydroxylation is 2. The number of thiazole rings is 1. The van der Waals surface area contributed by atoms with Crippen LogP contribution in [-0.2, 0) is 13.0 Å². The van der Waals surface area contributed by atoms with E-state index in [-0.39, 0.29) is 0 Å². The first kappa shape index (κ1) is 15.0. The van der Waals surface area contributed by atoms with E-state index >= 15 is 0 Å². The van der Waals surface area contributed by atoms with Crippen LogP contribution in [0.3, 0.4) is 0 Å². The van der Waals surface area contributed by atoms with Gasteiger partial charge in [-0.3, -0.25) is 0 Å². The molecule has 4 heteroatoms. The summed E-state index contributed by atoms with van der Waals surface area (Å²) in [6.45, 7) is 7.84. The van der Waals surface area contributed by atoms with Crippen molar-refractivity contribution in [3.63, 3.8) is 0 Å². The van der Waals surface area contributed by atoms with E-state index in [1.807, 2.05) is 7.05 Å². The Morgan fingerprint density at radius 1 is 1.25 bits per heavy atom. The number of ether oxygens (including phenoxy) is 1. The fourth-order valence-electron chi connectivity index (χ4n) is 2.13. The standard InChI is InChI=1S/C16H22N2OS/c1-11-7-12(2)13(3)15(8-11)19-6-5-16-18-14(9-17-4)10-20-16/h7-8,10,17H,5-6,9H2,1-4H3. The average molecular weight is 290 g/mol. The van der Waals surface area contributed by atoms with Gasteiger partial charge in [0.2, 0.25) is 0 Å². The van der Waals surface area contributed by atoms with Crippen LogP contribution in [0.15, 0.2) is 17.5 Å². The molecule has 0 fully saturated rings. The van der Waals surface area contributed by atoms with Crippen molar-refractivity contribution in [3.8, 4) is 5.75 Å². The highest BCUT2D eigenvalue weighted by molar-refractivity contribution is 7.09. The third kappa shape index (κ3) is 3.81. The van der Waals surface area contributed by atoms with Crippen LogP contribution in [0.1, 0.15) is 27.4 Å². The molecule has 0 spiro atoms. The van der Waals surface area contributed by atoms with Gasteiger partial charge in [-0.2, -0.15) is 0 Å². The molecule has 0 saturated heterocycles. The molecule has 0 aliphatic carbocycles. The number of hydrogen-bond donors (Lipinski definition) is 1. The first-order valence-corrected chi connectivity index (χ1v) is 7.76. The summed E-state index contributed by atoms with van der Waals surface area (Å²) < 4.78 is 5.92. The summed E-state index contributed by atoms with van der Waals surface area (Å²) in [6, 6.07) is 4.30. The first-order chi connectivity index (χ1) is 9.60. The Morgan fingerprint density at radius 2 is 2.05 bits per heavy atom. The van der Waals surface area contributed by atoms with Gasteiger partial charge in [-0.25, -0.2) is 4.98 Å². The van der Waals surface area contributed by atoms with Crippen molar-refractivity contribution < 1.29 is 4.74 Å². The minimum absolute atomic E-state index is 0.677. The number of aromatic nitrogens is 1. The average Bonchev–Trinajstić information content (AvgIpc) is 2.83. The molecule has 2 aromatic rings. The predicted molar refractivity (Wildman–Crippen MR) is 84.7 cm³/mol. The van der Waals surface area contributed by atoms with Crippen molar-refractivity contribution in [3.05, 3.63) is 44.9 Å². The fourth-order valence-corrected chi connectivity index (χ4v) is 2.90. The largest absolute Gasteiger partial charge is 0.493 e. The van der Waals surface area contributed by atoms with Crippen molar-refractivity contribution in [2.45, 2.75) is 33.7 Å². The number of benzene rings is 1. The number of hydrogen-bond acceptors (Lipinski definition) is 4. The third-order valence-electron chi connectivity index (χ3n) is 3.29. The van der Waals surface area contributed by atoms with Crippen LogP contribution in [0.4, 0.5) is 0 Å². The normalized spacial score (nSPS) is 10.8. The predicted octanol–water partition coefficient (Wildman–Crippen LogP) is 3.41. The highest BCUT2D eigenvalue weighted by atomic mass is 32.1. The zero-order valence-electron chi connectivity index (χ0n) is 12.6. The molecule has 1 aromatic carbocycles. The second kappa shape index (κ2) is 6.86. The second-order valence-electron chi connectivity index (χ2n) is 5.07. The van der Waals surface area contributed by atoms with Gasteiger partial charge in [0.05, 0.1) is 17.3 Å². The molecule has 3 nitrogen and oxygen atoms in total. The zero-order valence-corrected chi connectivity index (χ0v) is 13.4. The molecule has 1 aromatic heterocycles. The van der Waals surface area contributed by atoms with Crippen LogP contribution in [-0.4, -0.2) is 18.6 Å². The quantitative estimate of drug-likeness (QED) is 0.885. The molecular weight excluding hydrogens is 268 g/mol. The van der Waals surface area contributed by atoms with Crippen LogP contribution in [0, 0.1) is 20.8 Å². The van der Waals surface area contributed by atoms with Gasteiger partial charge in [0, 0.05) is 18.3 Å². The maximum absolute atomic E-state index is 5.92. The molecule has 0 aliphatic heterocycles. The van der Waals surface area contributed by atoms with E-state index in [1.54, 1.807) is 11.3 Å². The maximum Gasteiger partial charge on any atom is 0.122 e. The van der Waals surface area contributed by atoms with E-state index in [2.05, 4.69) is 48.6 Å². The summed E-state index contributed by atoms with van der Waals surface area (Å²) in [5, 5.41) is 6.35. The van der Waals surface area contributed by atoms with Gasteiger partial charge < -0.3 is 10.1 Å². The third-order valence-corrected chi connectivity index (χ3v) is 4.25. The lowest BCUT2D eigenvalue weighted by Crippen LogP contribution is -2.06. The van der Waals surface area contributed by atoms with Crippen LogP contribution in [0.5, 0.6) is 5.75 Å². The maximum atomic E-state index is 5.92. The minimum Gasteiger partial charge on any atom is -0.493 e. The van der Waals surface area contributed by atoms with E-state index in [4.69, 9.17) is 4.74 Å². The molecule has 2 rings (SSSR count). The topological polar surface area (TPSA) is 34.1 Å². The molecule has 1 N–H and O–H groups in total. The van der Waals surface area contributed by atoms with Crippen molar-refractivity contribution in [2.24, 2.45) is 0 Å². The zero-order chi connectivity index (χ0) is 14.5. The van der Waals surface area contributed by atoms with E-state index in [1.165, 1.54) is 16.7 Å². The molecule has 0 atom stereocenters. The van der Waals surface area contributed by atoms with Gasteiger partial charge in [-0.05, 0) is 50.6 Å². The van der Waals surface area contributed by atoms with Crippen LogP contribution in [0.2, 0.25) is 0 Å². The van der Waals surface area contributed by atoms with Crippen molar-refractivity contribution >= 4 is 11.3 Å². The lowest BCUT2D eigenvalue weighted by Gasteiger charge is -2.11. The Labute approximate surface area is 125 Å². The molecular formula is C16H22N2OS. The molecule has 108 valence electrons. The Balaban J connectivity index is 1.92. The second-order valence-corrected chi connectivity index (χ2v) is 6.01. The SMILES string of the molecule is CNCc1csc(CCOc2cc(C)cc(C)c2C)n1. The lowest BCUT2D eigenvalue weighted by atomic mass is 10.1. The van der Waals surface area contributed by atoms with E-state index < -0.39 is 0 Å². The summed E-state index contributed by atoms with van der Waals surface area (Å²) >= 11 is 1.70. The molecule has 0 amide bonds. The smallest absolute Gasteiger partial charge is 0.122 e. The highest BCUT2D eigenvalue weighted by Gasteiger charge is 2.05. The van der Waals surface area contributed by atoms with Gasteiger partial charge in [0.25, 0.3) is 0 Å². The highest BCUT2D eigenvalue weighted by Crippen LogP contribution is 2.23. The molecule has 0 radical (unpaired) electrons. The minimum atomic E-state index is 0.677. The Hall–Kier alpha value is -1.39. The molecule has 0 saturated carbocycles. The monoisotopic (exact) mass is 290 g/mol. The van der Waals surface area contributed by atoms with Crippen molar-refractivity contribution in [1.29, 1.82) is 0 Å². The summed E-state index contributed by atoms with van der Waals surface area (Å²) in [7, 11) is 1.94. The summed E-state index contributed by atoms with van der Waals surface area (Å²) in [6.07, 6.45) is 0.862. The van der Waals surface area contributed by atoms with Gasteiger partial charge in [-0.1, -0.05) is 6.07 Å². The fraction of sp³-hybridized carbons (Fsp3) is 0.438. The van der Waals surface area contributed by atoms with E-state index in [0.717, 1.165) is 29.4 Å². The molecule has 20 heavy (non-hydrogen) atoms.